The molecule has 2 N–H and O–H groups in total. The summed E-state index contributed by atoms with van der Waals surface area (Å²) in [6.07, 6.45) is 2.37. The number of esters is 1. The number of ether oxygens (including phenoxy) is 1. The molecule has 8 heteroatoms. The Kier molecular flexibility index (Phi) is 5.91. The van der Waals surface area contributed by atoms with Crippen LogP contribution in [0.2, 0.25) is 5.02 Å². The molecular formula is C26H26ClFN4O2. The molecule has 0 aliphatic heterocycles. The van der Waals surface area contributed by atoms with Gasteiger partial charge >= 0.3 is 5.97 Å². The Balaban J connectivity index is 1.65. The summed E-state index contributed by atoms with van der Waals surface area (Å²) < 4.78 is 19.4. The molecule has 2 aromatic carbocycles. The van der Waals surface area contributed by atoms with Gasteiger partial charge in [-0.1, -0.05) is 17.7 Å². The van der Waals surface area contributed by atoms with Crippen LogP contribution in [0.25, 0.3) is 33.2 Å². The van der Waals surface area contributed by atoms with Crippen LogP contribution in [-0.2, 0) is 11.3 Å². The topological polar surface area (TPSA) is 70.2 Å². The van der Waals surface area contributed by atoms with Gasteiger partial charge in [0.15, 0.2) is 0 Å². The molecule has 2 aromatic heterocycles. The lowest BCUT2D eigenvalue weighted by molar-refractivity contribution is 0.0526. The number of anilines is 1. The summed E-state index contributed by atoms with van der Waals surface area (Å²) in [6, 6.07) is 10.9. The van der Waals surface area contributed by atoms with E-state index in [1.54, 1.807) is 20.0 Å². The molecule has 6 nitrogen and oxygen atoms in total. The normalized spacial score (nSPS) is 13.7. The maximum Gasteiger partial charge on any atom is 0.338 e. The summed E-state index contributed by atoms with van der Waals surface area (Å²) in [6.45, 7) is 2.82. The summed E-state index contributed by atoms with van der Waals surface area (Å²) in [5.41, 5.74) is 5.84. The predicted octanol–water partition coefficient (Wildman–Crippen LogP) is 5.99. The van der Waals surface area contributed by atoms with Crippen LogP contribution in [0.5, 0.6) is 0 Å². The number of halogens is 2. The average Bonchev–Trinajstić information content (AvgIpc) is 3.59. The van der Waals surface area contributed by atoms with E-state index in [0.717, 1.165) is 16.8 Å². The Bertz CT molecular complexity index is 1410. The van der Waals surface area contributed by atoms with Crippen molar-refractivity contribution in [3.8, 4) is 11.3 Å². The fourth-order valence-corrected chi connectivity index (χ4v) is 4.71. The molecule has 176 valence electrons. The van der Waals surface area contributed by atoms with Gasteiger partial charge in [0.2, 0.25) is 0 Å². The Labute approximate surface area is 202 Å². The summed E-state index contributed by atoms with van der Waals surface area (Å²) >= 11 is 6.72. The predicted molar refractivity (Wildman–Crippen MR) is 134 cm³/mol. The van der Waals surface area contributed by atoms with E-state index in [0.29, 0.717) is 57.4 Å². The molecular weight excluding hydrogens is 455 g/mol. The minimum Gasteiger partial charge on any atom is -0.462 e. The fourth-order valence-electron chi connectivity index (χ4n) is 4.42. The van der Waals surface area contributed by atoms with E-state index in [4.69, 9.17) is 21.3 Å². The molecule has 0 atom stereocenters. The van der Waals surface area contributed by atoms with Crippen molar-refractivity contribution in [1.82, 2.24) is 14.9 Å². The number of aromatic nitrogens is 2. The highest BCUT2D eigenvalue weighted by molar-refractivity contribution is 6.40. The Morgan fingerprint density at radius 1 is 1.29 bits per heavy atom. The van der Waals surface area contributed by atoms with Crippen LogP contribution in [0.15, 0.2) is 36.4 Å². The second kappa shape index (κ2) is 8.89. The fraction of sp³-hybridized carbons (Fsp3) is 0.308. The van der Waals surface area contributed by atoms with Gasteiger partial charge < -0.3 is 15.0 Å². The average molecular weight is 481 g/mol. The van der Waals surface area contributed by atoms with Crippen molar-refractivity contribution in [1.29, 1.82) is 0 Å². The lowest BCUT2D eigenvalue weighted by atomic mass is 10.0. The van der Waals surface area contributed by atoms with Gasteiger partial charge in [-0.3, -0.25) is 4.90 Å². The van der Waals surface area contributed by atoms with Crippen LogP contribution < -0.4 is 5.32 Å². The van der Waals surface area contributed by atoms with Crippen molar-refractivity contribution < 1.29 is 13.9 Å². The van der Waals surface area contributed by atoms with Crippen LogP contribution in [-0.4, -0.2) is 47.6 Å². The van der Waals surface area contributed by atoms with Crippen LogP contribution >= 0.6 is 11.6 Å². The van der Waals surface area contributed by atoms with E-state index in [1.165, 1.54) is 25.0 Å². The summed E-state index contributed by atoms with van der Waals surface area (Å²) in [5, 5.41) is 3.95. The molecule has 0 bridgehead atoms. The number of pyridine rings is 1. The van der Waals surface area contributed by atoms with Gasteiger partial charge in [-0.2, -0.15) is 0 Å². The first-order valence-corrected chi connectivity index (χ1v) is 11.8. The summed E-state index contributed by atoms with van der Waals surface area (Å²) in [5.74, 6) is -0.717. The zero-order valence-electron chi connectivity index (χ0n) is 19.3. The van der Waals surface area contributed by atoms with E-state index < -0.39 is 0 Å². The van der Waals surface area contributed by atoms with Gasteiger partial charge in [-0.05, 0) is 62.7 Å². The zero-order valence-corrected chi connectivity index (χ0v) is 20.1. The highest BCUT2D eigenvalue weighted by atomic mass is 35.5. The summed E-state index contributed by atoms with van der Waals surface area (Å²) in [4.78, 5) is 22.8. The minimum atomic E-state index is -0.383. The third-order valence-electron chi connectivity index (χ3n) is 6.33. The van der Waals surface area contributed by atoms with Gasteiger partial charge in [0.1, 0.15) is 5.82 Å². The Hall–Kier alpha value is -3.16. The number of carbonyl (C=O) groups excluding carboxylic acids is 1. The van der Waals surface area contributed by atoms with Crippen molar-refractivity contribution in [2.75, 3.05) is 26.0 Å². The zero-order chi connectivity index (χ0) is 24.0. The largest absolute Gasteiger partial charge is 0.462 e. The molecule has 0 radical (unpaired) electrons. The quantitative estimate of drug-likeness (QED) is 0.318. The number of hydrogen-bond donors (Lipinski definition) is 2. The first-order chi connectivity index (χ1) is 16.4. The molecule has 1 fully saturated rings. The maximum atomic E-state index is 14.2. The van der Waals surface area contributed by atoms with Gasteiger partial charge in [0.25, 0.3) is 0 Å². The molecule has 0 unspecified atom stereocenters. The lowest BCUT2D eigenvalue weighted by Gasteiger charge is -2.18. The van der Waals surface area contributed by atoms with Crippen LogP contribution in [0.4, 0.5) is 10.1 Å². The summed E-state index contributed by atoms with van der Waals surface area (Å²) in [7, 11) is 3.83. The smallest absolute Gasteiger partial charge is 0.338 e. The third-order valence-corrected chi connectivity index (χ3v) is 6.72. The van der Waals surface area contributed by atoms with Crippen molar-refractivity contribution in [2.24, 2.45) is 0 Å². The monoisotopic (exact) mass is 480 g/mol. The number of nitrogens with zero attached hydrogens (tertiary/aromatic N) is 2. The van der Waals surface area contributed by atoms with E-state index >= 15 is 0 Å². The standard InChI is InChI=1S/C26H26ClFN4O2/c1-4-34-26(33)14-5-8-18(15(9-14)13-32(3)17-6-7-17)20-12-22-25(30-20)23(27)19-10-16(28)11-21(29-2)24(19)31-22/h5,8-12,17,29-30H,4,6-7,13H2,1-3H3. The molecule has 0 amide bonds. The first-order valence-electron chi connectivity index (χ1n) is 11.4. The molecule has 2 heterocycles. The van der Waals surface area contributed by atoms with Crippen LogP contribution in [0.3, 0.4) is 0 Å². The van der Waals surface area contributed by atoms with E-state index in [2.05, 4.69) is 22.2 Å². The molecule has 4 aromatic rings. The maximum absolute atomic E-state index is 14.2. The highest BCUT2D eigenvalue weighted by Gasteiger charge is 2.27. The minimum absolute atomic E-state index is 0.326. The molecule has 34 heavy (non-hydrogen) atoms. The number of H-pyrrole nitrogens is 1. The molecule has 0 saturated heterocycles. The van der Waals surface area contributed by atoms with E-state index in [1.807, 2.05) is 18.2 Å². The van der Waals surface area contributed by atoms with Gasteiger partial charge in [0, 0.05) is 36.3 Å². The van der Waals surface area contributed by atoms with E-state index in [-0.39, 0.29) is 11.8 Å². The lowest BCUT2D eigenvalue weighted by Crippen LogP contribution is -2.20. The van der Waals surface area contributed by atoms with Crippen molar-refractivity contribution in [3.63, 3.8) is 0 Å². The third kappa shape index (κ3) is 4.10. The number of aromatic amines is 1. The number of rotatable bonds is 7. The van der Waals surface area contributed by atoms with Gasteiger partial charge in [0.05, 0.1) is 39.4 Å². The van der Waals surface area contributed by atoms with Crippen LogP contribution in [0.1, 0.15) is 35.7 Å². The van der Waals surface area contributed by atoms with Gasteiger partial charge in [-0.25, -0.2) is 14.2 Å². The number of hydrogen-bond acceptors (Lipinski definition) is 5. The SMILES string of the molecule is CCOC(=O)c1ccc(-c2cc3nc4c(NC)cc(F)cc4c(Cl)c3[nH]2)c(CN(C)C2CC2)c1. The molecule has 5 rings (SSSR count). The molecule has 1 saturated carbocycles. The van der Waals surface area contributed by atoms with Gasteiger partial charge in [-0.15, -0.1) is 0 Å². The molecule has 0 spiro atoms. The highest BCUT2D eigenvalue weighted by Crippen LogP contribution is 2.37. The Morgan fingerprint density at radius 3 is 2.79 bits per heavy atom. The number of carbonyl (C=O) groups is 1. The van der Waals surface area contributed by atoms with Crippen molar-refractivity contribution >= 4 is 45.2 Å². The van der Waals surface area contributed by atoms with E-state index in [9.17, 15) is 9.18 Å². The van der Waals surface area contributed by atoms with Crippen LogP contribution in [0, 0.1) is 5.82 Å². The first kappa shape index (κ1) is 22.6. The number of nitrogens with one attached hydrogen (secondary N) is 2. The van der Waals surface area contributed by atoms with Crippen molar-refractivity contribution in [3.05, 3.63) is 58.4 Å². The Morgan fingerprint density at radius 2 is 2.09 bits per heavy atom. The number of fused-ring (bicyclic) bond motifs is 2. The second-order valence-electron chi connectivity index (χ2n) is 8.71. The van der Waals surface area contributed by atoms with Crippen molar-refractivity contribution in [2.45, 2.75) is 32.4 Å². The molecule has 1 aliphatic rings. The molecule has 1 aliphatic carbocycles. The second-order valence-corrected chi connectivity index (χ2v) is 9.09. The number of benzene rings is 2.